The summed E-state index contributed by atoms with van der Waals surface area (Å²) in [5.74, 6) is 1.03. The van der Waals surface area contributed by atoms with Crippen molar-refractivity contribution < 1.29 is 28.2 Å². The van der Waals surface area contributed by atoms with Gasteiger partial charge in [-0.2, -0.15) is 0 Å². The summed E-state index contributed by atoms with van der Waals surface area (Å²) >= 11 is 0. The van der Waals surface area contributed by atoms with E-state index in [4.69, 9.17) is 18.6 Å². The van der Waals surface area contributed by atoms with Crippen molar-refractivity contribution in [3.63, 3.8) is 0 Å². The Kier molecular flexibility index (Phi) is 7.29. The molecule has 2 heterocycles. The lowest BCUT2D eigenvalue weighted by molar-refractivity contribution is -0.124. The highest BCUT2D eigenvalue weighted by molar-refractivity contribution is 6.01. The van der Waals surface area contributed by atoms with Crippen LogP contribution in [0.4, 0.5) is 0 Å². The number of furan rings is 1. The van der Waals surface area contributed by atoms with Gasteiger partial charge in [0.05, 0.1) is 46.1 Å². The lowest BCUT2D eigenvalue weighted by atomic mass is 9.79. The molecule has 2 amide bonds. The molecule has 0 saturated heterocycles. The Labute approximate surface area is 204 Å². The maximum absolute atomic E-state index is 13.8. The molecule has 0 radical (unpaired) electrons. The summed E-state index contributed by atoms with van der Waals surface area (Å²) in [4.78, 5) is 29.1. The minimum Gasteiger partial charge on any atom is -0.493 e. The molecule has 8 nitrogen and oxygen atoms in total. The Morgan fingerprint density at radius 1 is 1.03 bits per heavy atom. The standard InChI is InChI=1S/C27H30N2O6/c1-5-12-29-24(17-14-21(32-2)25(34-4)22(15-17)33-3)23(19-10-6-7-11-20(19)27(29)31)26(30)28-16-18-9-8-13-35-18/h6-11,13-15,23-24H,5,12,16H2,1-4H3,(H,28,30)/t23-,24-/m1/s1. The Balaban J connectivity index is 1.86. The number of ether oxygens (including phenoxy) is 3. The van der Waals surface area contributed by atoms with Crippen molar-refractivity contribution in [1.29, 1.82) is 0 Å². The van der Waals surface area contributed by atoms with E-state index in [1.165, 1.54) is 7.11 Å². The van der Waals surface area contributed by atoms with Crippen molar-refractivity contribution in [3.05, 3.63) is 77.2 Å². The smallest absolute Gasteiger partial charge is 0.254 e. The third-order valence-corrected chi connectivity index (χ3v) is 6.23. The molecular formula is C27H30N2O6. The molecule has 2 atom stereocenters. The quantitative estimate of drug-likeness (QED) is 0.493. The van der Waals surface area contributed by atoms with E-state index < -0.39 is 12.0 Å². The highest BCUT2D eigenvalue weighted by Crippen LogP contribution is 2.47. The SMILES string of the molecule is CCCN1C(=O)c2ccccc2[C@@H](C(=O)NCc2ccco2)[C@H]1c1cc(OC)c(OC)c(OC)c1. The number of methoxy groups -OCH3 is 3. The van der Waals surface area contributed by atoms with Crippen LogP contribution in [0.3, 0.4) is 0 Å². The molecule has 1 N–H and O–H groups in total. The van der Waals surface area contributed by atoms with Gasteiger partial charge in [0.1, 0.15) is 5.76 Å². The van der Waals surface area contributed by atoms with Crippen LogP contribution in [0.25, 0.3) is 0 Å². The lowest BCUT2D eigenvalue weighted by Gasteiger charge is -2.42. The van der Waals surface area contributed by atoms with Gasteiger partial charge in [0.25, 0.3) is 5.91 Å². The zero-order chi connectivity index (χ0) is 24.9. The van der Waals surface area contributed by atoms with Crippen LogP contribution in [0.15, 0.2) is 59.2 Å². The molecule has 35 heavy (non-hydrogen) atoms. The fourth-order valence-corrected chi connectivity index (χ4v) is 4.70. The fourth-order valence-electron chi connectivity index (χ4n) is 4.70. The van der Waals surface area contributed by atoms with E-state index in [0.29, 0.717) is 46.2 Å². The van der Waals surface area contributed by atoms with E-state index in [9.17, 15) is 9.59 Å². The van der Waals surface area contributed by atoms with E-state index in [-0.39, 0.29) is 18.4 Å². The van der Waals surface area contributed by atoms with Crippen LogP contribution >= 0.6 is 0 Å². The summed E-state index contributed by atoms with van der Waals surface area (Å²) in [5, 5.41) is 2.99. The molecule has 184 valence electrons. The lowest BCUT2D eigenvalue weighted by Crippen LogP contribution is -2.47. The second-order valence-corrected chi connectivity index (χ2v) is 8.26. The number of hydrogen-bond donors (Lipinski definition) is 1. The minimum absolute atomic E-state index is 0.115. The van der Waals surface area contributed by atoms with Crippen LogP contribution in [-0.4, -0.2) is 44.6 Å². The molecule has 1 aromatic heterocycles. The van der Waals surface area contributed by atoms with Gasteiger partial charge in [-0.05, 0) is 47.9 Å². The van der Waals surface area contributed by atoms with Gasteiger partial charge in [-0.15, -0.1) is 0 Å². The number of carbonyl (C=O) groups is 2. The number of hydrogen-bond acceptors (Lipinski definition) is 6. The molecule has 0 spiro atoms. The van der Waals surface area contributed by atoms with Gasteiger partial charge in [-0.25, -0.2) is 0 Å². The first-order chi connectivity index (χ1) is 17.0. The third-order valence-electron chi connectivity index (χ3n) is 6.23. The molecule has 4 rings (SSSR count). The van der Waals surface area contributed by atoms with Crippen LogP contribution in [0, 0.1) is 0 Å². The van der Waals surface area contributed by atoms with Gasteiger partial charge >= 0.3 is 0 Å². The average Bonchev–Trinajstić information content (AvgIpc) is 3.41. The van der Waals surface area contributed by atoms with E-state index >= 15 is 0 Å². The predicted molar refractivity (Wildman–Crippen MR) is 130 cm³/mol. The first-order valence-corrected chi connectivity index (χ1v) is 11.5. The highest BCUT2D eigenvalue weighted by Gasteiger charge is 2.44. The predicted octanol–water partition coefficient (Wildman–Crippen LogP) is 4.31. The summed E-state index contributed by atoms with van der Waals surface area (Å²) in [5.41, 5.74) is 1.93. The zero-order valence-corrected chi connectivity index (χ0v) is 20.4. The molecule has 0 fully saturated rings. The molecule has 2 aromatic carbocycles. The van der Waals surface area contributed by atoms with Gasteiger partial charge in [0.2, 0.25) is 11.7 Å². The number of fused-ring (bicyclic) bond motifs is 1. The normalized spacial score (nSPS) is 17.0. The highest BCUT2D eigenvalue weighted by atomic mass is 16.5. The van der Waals surface area contributed by atoms with Crippen LogP contribution in [0.2, 0.25) is 0 Å². The number of benzene rings is 2. The van der Waals surface area contributed by atoms with Crippen LogP contribution < -0.4 is 19.5 Å². The molecule has 8 heteroatoms. The topological polar surface area (TPSA) is 90.2 Å². The van der Waals surface area contributed by atoms with Crippen molar-refractivity contribution in [1.82, 2.24) is 10.2 Å². The molecule has 0 saturated carbocycles. The van der Waals surface area contributed by atoms with E-state index in [1.54, 1.807) is 43.6 Å². The number of rotatable bonds is 9. The van der Waals surface area contributed by atoms with E-state index in [2.05, 4.69) is 5.32 Å². The van der Waals surface area contributed by atoms with Crippen LogP contribution in [-0.2, 0) is 11.3 Å². The van der Waals surface area contributed by atoms with Gasteiger partial charge in [-0.3, -0.25) is 9.59 Å². The maximum Gasteiger partial charge on any atom is 0.254 e. The number of amides is 2. The van der Waals surface area contributed by atoms with Gasteiger partial charge in [0, 0.05) is 12.1 Å². The monoisotopic (exact) mass is 478 g/mol. The Morgan fingerprint density at radius 3 is 2.34 bits per heavy atom. The molecule has 0 bridgehead atoms. The molecule has 1 aliphatic rings. The molecule has 0 unspecified atom stereocenters. The Bertz CT molecular complexity index is 1170. The minimum atomic E-state index is -0.659. The van der Waals surface area contributed by atoms with Crippen LogP contribution in [0.5, 0.6) is 17.2 Å². The van der Waals surface area contributed by atoms with Crippen molar-refractivity contribution in [2.75, 3.05) is 27.9 Å². The van der Waals surface area contributed by atoms with E-state index in [0.717, 1.165) is 6.42 Å². The second kappa shape index (κ2) is 10.5. The third kappa shape index (κ3) is 4.56. The van der Waals surface area contributed by atoms with Crippen molar-refractivity contribution >= 4 is 11.8 Å². The number of nitrogens with one attached hydrogen (secondary N) is 1. The van der Waals surface area contributed by atoms with Crippen LogP contribution in [0.1, 0.15) is 52.5 Å². The average molecular weight is 479 g/mol. The zero-order valence-electron chi connectivity index (χ0n) is 20.4. The summed E-state index contributed by atoms with van der Waals surface area (Å²) in [6.07, 6.45) is 2.30. The maximum atomic E-state index is 13.8. The molecule has 3 aromatic rings. The molecular weight excluding hydrogens is 448 g/mol. The van der Waals surface area contributed by atoms with Gasteiger partial charge in [0.15, 0.2) is 11.5 Å². The van der Waals surface area contributed by atoms with Crippen molar-refractivity contribution in [2.45, 2.75) is 31.8 Å². The number of carbonyl (C=O) groups excluding carboxylic acids is 2. The number of nitrogens with zero attached hydrogens (tertiary/aromatic N) is 1. The summed E-state index contributed by atoms with van der Waals surface area (Å²) in [6.45, 7) is 2.73. The molecule has 0 aliphatic carbocycles. The largest absolute Gasteiger partial charge is 0.493 e. The van der Waals surface area contributed by atoms with E-state index in [1.807, 2.05) is 37.3 Å². The summed E-state index contributed by atoms with van der Waals surface area (Å²) in [6, 6.07) is 13.9. The Morgan fingerprint density at radius 2 is 1.74 bits per heavy atom. The first-order valence-electron chi connectivity index (χ1n) is 11.5. The second-order valence-electron chi connectivity index (χ2n) is 8.26. The van der Waals surface area contributed by atoms with Crippen molar-refractivity contribution in [3.8, 4) is 17.2 Å². The summed E-state index contributed by atoms with van der Waals surface area (Å²) < 4.78 is 22.0. The summed E-state index contributed by atoms with van der Waals surface area (Å²) in [7, 11) is 4.62. The fraction of sp³-hybridized carbons (Fsp3) is 0.333. The first kappa shape index (κ1) is 24.2. The molecule has 1 aliphatic heterocycles. The van der Waals surface area contributed by atoms with Gasteiger partial charge < -0.3 is 28.8 Å². The van der Waals surface area contributed by atoms with Gasteiger partial charge in [-0.1, -0.05) is 25.1 Å². The Hall–Kier alpha value is -3.94. The van der Waals surface area contributed by atoms with Crippen molar-refractivity contribution in [2.24, 2.45) is 0 Å².